The molecule has 4 aromatic rings. The van der Waals surface area contributed by atoms with Crippen molar-refractivity contribution in [3.05, 3.63) is 71.5 Å². The zero-order valence-corrected chi connectivity index (χ0v) is 19.9. The molecule has 1 aliphatic rings. The third-order valence-corrected chi connectivity index (χ3v) is 5.96. The Labute approximate surface area is 203 Å². The summed E-state index contributed by atoms with van der Waals surface area (Å²) in [7, 11) is 1.62. The van der Waals surface area contributed by atoms with Crippen LogP contribution >= 0.6 is 0 Å². The van der Waals surface area contributed by atoms with Crippen LogP contribution in [-0.4, -0.2) is 44.6 Å². The van der Waals surface area contributed by atoms with Gasteiger partial charge < -0.3 is 14.8 Å². The second-order valence-electron chi connectivity index (χ2n) is 8.33. The van der Waals surface area contributed by atoms with Crippen LogP contribution < -0.4 is 14.8 Å². The average molecular weight is 471 g/mol. The Morgan fingerprint density at radius 3 is 2.74 bits per heavy atom. The van der Waals surface area contributed by atoms with E-state index in [1.807, 2.05) is 55.5 Å². The van der Waals surface area contributed by atoms with Crippen molar-refractivity contribution in [1.29, 1.82) is 0 Å². The van der Waals surface area contributed by atoms with Gasteiger partial charge in [-0.05, 0) is 31.0 Å². The van der Waals surface area contributed by atoms with Crippen LogP contribution in [0, 0.1) is 6.92 Å². The number of aryl methyl sites for hydroxylation is 1. The van der Waals surface area contributed by atoms with Crippen LogP contribution in [0.25, 0.3) is 17.2 Å². The monoisotopic (exact) mass is 470 g/mol. The SMILES string of the molecule is CCCOc1ccc(C2CC(=O)Nc3c2c(C)nn3-c2nncc(-c3ccccc3)n2)cc1OC. The van der Waals surface area contributed by atoms with Crippen LogP contribution in [0.3, 0.4) is 0 Å². The van der Waals surface area contributed by atoms with Crippen molar-refractivity contribution in [2.24, 2.45) is 0 Å². The summed E-state index contributed by atoms with van der Waals surface area (Å²) in [4.78, 5) is 17.5. The highest BCUT2D eigenvalue weighted by molar-refractivity contribution is 5.95. The number of fused-ring (bicyclic) bond motifs is 1. The molecule has 1 N–H and O–H groups in total. The van der Waals surface area contributed by atoms with Crippen molar-refractivity contribution < 1.29 is 14.3 Å². The summed E-state index contributed by atoms with van der Waals surface area (Å²) in [6.07, 6.45) is 2.80. The lowest BCUT2D eigenvalue weighted by Crippen LogP contribution is -2.25. The number of nitrogens with zero attached hydrogens (tertiary/aromatic N) is 5. The third kappa shape index (κ3) is 4.32. The second kappa shape index (κ2) is 9.54. The fourth-order valence-electron chi connectivity index (χ4n) is 4.34. The summed E-state index contributed by atoms with van der Waals surface area (Å²) >= 11 is 0. The molecule has 35 heavy (non-hydrogen) atoms. The Morgan fingerprint density at radius 2 is 1.97 bits per heavy atom. The molecule has 0 aliphatic carbocycles. The minimum absolute atomic E-state index is 0.110. The van der Waals surface area contributed by atoms with Crippen molar-refractivity contribution >= 4 is 11.7 Å². The minimum atomic E-state index is -0.202. The third-order valence-electron chi connectivity index (χ3n) is 5.96. The molecule has 1 aliphatic heterocycles. The van der Waals surface area contributed by atoms with Gasteiger partial charge in [0.2, 0.25) is 5.91 Å². The molecule has 0 radical (unpaired) electrons. The molecule has 1 unspecified atom stereocenters. The van der Waals surface area contributed by atoms with Crippen LogP contribution in [0.1, 0.15) is 42.5 Å². The lowest BCUT2D eigenvalue weighted by atomic mass is 9.85. The normalized spacial score (nSPS) is 14.8. The molecule has 0 saturated heterocycles. The highest BCUT2D eigenvalue weighted by atomic mass is 16.5. The Balaban J connectivity index is 1.56. The molecule has 2 aromatic carbocycles. The van der Waals surface area contributed by atoms with Gasteiger partial charge in [0.25, 0.3) is 5.95 Å². The van der Waals surface area contributed by atoms with Gasteiger partial charge >= 0.3 is 0 Å². The van der Waals surface area contributed by atoms with Crippen molar-refractivity contribution in [3.63, 3.8) is 0 Å². The molecule has 3 heterocycles. The smallest absolute Gasteiger partial charge is 0.272 e. The van der Waals surface area contributed by atoms with E-state index >= 15 is 0 Å². The molecular formula is C26H26N6O3. The van der Waals surface area contributed by atoms with Crippen molar-refractivity contribution in [2.45, 2.75) is 32.6 Å². The maximum Gasteiger partial charge on any atom is 0.272 e. The first-order valence-electron chi connectivity index (χ1n) is 11.5. The molecule has 2 aromatic heterocycles. The molecule has 1 amide bonds. The molecule has 178 valence electrons. The maximum atomic E-state index is 12.8. The van der Waals surface area contributed by atoms with Gasteiger partial charge in [0.15, 0.2) is 11.5 Å². The number of anilines is 1. The van der Waals surface area contributed by atoms with Crippen molar-refractivity contribution in [3.8, 4) is 28.7 Å². The van der Waals surface area contributed by atoms with Gasteiger partial charge in [0.05, 0.1) is 31.3 Å². The highest BCUT2D eigenvalue weighted by Gasteiger charge is 2.33. The molecule has 1 atom stereocenters. The lowest BCUT2D eigenvalue weighted by Gasteiger charge is -2.25. The Morgan fingerprint density at radius 1 is 1.14 bits per heavy atom. The maximum absolute atomic E-state index is 12.8. The van der Waals surface area contributed by atoms with Gasteiger partial charge in [0.1, 0.15) is 5.82 Å². The van der Waals surface area contributed by atoms with E-state index in [9.17, 15) is 4.79 Å². The van der Waals surface area contributed by atoms with Crippen LogP contribution in [0.4, 0.5) is 5.82 Å². The van der Waals surface area contributed by atoms with E-state index in [-0.39, 0.29) is 17.8 Å². The number of amides is 1. The minimum Gasteiger partial charge on any atom is -0.493 e. The van der Waals surface area contributed by atoms with E-state index in [0.717, 1.165) is 28.8 Å². The first kappa shape index (κ1) is 22.5. The first-order chi connectivity index (χ1) is 17.1. The van der Waals surface area contributed by atoms with E-state index < -0.39 is 0 Å². The predicted octanol–water partition coefficient (Wildman–Crippen LogP) is 4.30. The number of carbonyl (C=O) groups excluding carboxylic acids is 1. The summed E-state index contributed by atoms with van der Waals surface area (Å²) in [5, 5.41) is 16.0. The van der Waals surface area contributed by atoms with Gasteiger partial charge in [-0.2, -0.15) is 14.9 Å². The summed E-state index contributed by atoms with van der Waals surface area (Å²) in [5.74, 6) is 1.85. The Kier molecular flexibility index (Phi) is 6.13. The van der Waals surface area contributed by atoms with E-state index in [4.69, 9.17) is 9.47 Å². The van der Waals surface area contributed by atoms with E-state index in [1.165, 1.54) is 0 Å². The molecule has 5 rings (SSSR count). The van der Waals surface area contributed by atoms with E-state index in [0.29, 0.717) is 36.0 Å². The number of aromatic nitrogens is 5. The molecule has 0 fully saturated rings. The second-order valence-corrected chi connectivity index (χ2v) is 8.33. The van der Waals surface area contributed by atoms with Gasteiger partial charge in [-0.25, -0.2) is 4.98 Å². The summed E-state index contributed by atoms with van der Waals surface area (Å²) in [5.41, 5.74) is 4.23. The zero-order chi connectivity index (χ0) is 24.4. The Hall–Kier alpha value is -4.27. The summed E-state index contributed by atoms with van der Waals surface area (Å²) in [6.45, 7) is 4.58. The summed E-state index contributed by atoms with van der Waals surface area (Å²) in [6, 6.07) is 15.5. The first-order valence-corrected chi connectivity index (χ1v) is 11.5. The number of hydrogen-bond donors (Lipinski definition) is 1. The number of benzene rings is 2. The molecular weight excluding hydrogens is 444 g/mol. The van der Waals surface area contributed by atoms with Crippen LogP contribution in [0.15, 0.2) is 54.7 Å². The number of carbonyl (C=O) groups is 1. The molecule has 9 nitrogen and oxygen atoms in total. The Bertz CT molecular complexity index is 1370. The standard InChI is InChI=1S/C26H26N6O3/c1-4-12-35-21-11-10-18(13-22(21)34-3)19-14-23(33)29-25-24(19)16(2)31-32(25)26-28-20(15-27-30-26)17-8-6-5-7-9-17/h5-11,13,15,19H,4,12,14H2,1-3H3,(H,29,33). The largest absolute Gasteiger partial charge is 0.493 e. The molecule has 9 heteroatoms. The lowest BCUT2D eigenvalue weighted by molar-refractivity contribution is -0.116. The average Bonchev–Trinajstić information content (AvgIpc) is 3.23. The fraction of sp³-hybridized carbons (Fsp3) is 0.269. The topological polar surface area (TPSA) is 104 Å². The van der Waals surface area contributed by atoms with Gasteiger partial charge in [-0.1, -0.05) is 43.3 Å². The fourth-order valence-corrected chi connectivity index (χ4v) is 4.34. The van der Waals surface area contributed by atoms with E-state index in [1.54, 1.807) is 18.0 Å². The van der Waals surface area contributed by atoms with Gasteiger partial charge in [-0.15, -0.1) is 5.10 Å². The molecule has 0 spiro atoms. The molecule has 0 bridgehead atoms. The zero-order valence-electron chi connectivity index (χ0n) is 19.9. The quantitative estimate of drug-likeness (QED) is 0.429. The highest BCUT2D eigenvalue weighted by Crippen LogP contribution is 2.42. The van der Waals surface area contributed by atoms with Crippen LogP contribution in [0.2, 0.25) is 0 Å². The van der Waals surface area contributed by atoms with Crippen LogP contribution in [-0.2, 0) is 4.79 Å². The van der Waals surface area contributed by atoms with E-state index in [2.05, 4.69) is 32.5 Å². The van der Waals surface area contributed by atoms with Crippen molar-refractivity contribution in [2.75, 3.05) is 19.0 Å². The van der Waals surface area contributed by atoms with Gasteiger partial charge in [-0.3, -0.25) is 4.79 Å². The van der Waals surface area contributed by atoms with Crippen molar-refractivity contribution in [1.82, 2.24) is 25.0 Å². The van der Waals surface area contributed by atoms with Gasteiger partial charge in [0, 0.05) is 23.5 Å². The predicted molar refractivity (Wildman–Crippen MR) is 131 cm³/mol. The molecule has 0 saturated carbocycles. The number of nitrogens with one attached hydrogen (secondary N) is 1. The number of rotatable bonds is 7. The number of ether oxygens (including phenoxy) is 2. The number of hydrogen-bond acceptors (Lipinski definition) is 7. The summed E-state index contributed by atoms with van der Waals surface area (Å²) < 4.78 is 12.9. The van der Waals surface area contributed by atoms with Crippen LogP contribution in [0.5, 0.6) is 11.5 Å². The number of methoxy groups -OCH3 is 1.